The standard InChI is InChI=1S/C17H14N2O5S/c18-11-3-1-2-10(8-11)17(21)19-12-4-5-13-14(9-12)15(20)6-7-16(13)25(22,23)24/h1-9,20H,18H2,(H,19,21)(H,22,23,24). The Hall–Kier alpha value is -3.10. The number of hydrogen-bond acceptors (Lipinski definition) is 5. The largest absolute Gasteiger partial charge is 0.507 e. The lowest BCUT2D eigenvalue weighted by Gasteiger charge is -2.10. The number of carbonyl (C=O) groups excluding carboxylic acids is 1. The predicted molar refractivity (Wildman–Crippen MR) is 94.2 cm³/mol. The van der Waals surface area contributed by atoms with Crippen molar-refractivity contribution in [1.82, 2.24) is 0 Å². The summed E-state index contributed by atoms with van der Waals surface area (Å²) in [4.78, 5) is 11.9. The van der Waals surface area contributed by atoms with Crippen LogP contribution in [0.15, 0.2) is 59.5 Å². The molecule has 0 aliphatic heterocycles. The molecular formula is C17H14N2O5S. The Balaban J connectivity index is 2.02. The average Bonchev–Trinajstić information content (AvgIpc) is 2.54. The average molecular weight is 358 g/mol. The summed E-state index contributed by atoms with van der Waals surface area (Å²) in [6.07, 6.45) is 0. The fraction of sp³-hybridized carbons (Fsp3) is 0. The van der Waals surface area contributed by atoms with Gasteiger partial charge in [0.15, 0.2) is 0 Å². The number of phenolic OH excluding ortho intramolecular Hbond substituents is 1. The molecule has 25 heavy (non-hydrogen) atoms. The molecule has 3 aromatic carbocycles. The fourth-order valence-corrected chi connectivity index (χ4v) is 3.19. The summed E-state index contributed by atoms with van der Waals surface area (Å²) in [7, 11) is -4.44. The second kappa shape index (κ2) is 6.08. The molecule has 0 atom stereocenters. The predicted octanol–water partition coefficient (Wildman–Crippen LogP) is 2.63. The van der Waals surface area contributed by atoms with Crippen LogP contribution in [0.4, 0.5) is 11.4 Å². The van der Waals surface area contributed by atoms with Crippen LogP contribution in [0.3, 0.4) is 0 Å². The van der Waals surface area contributed by atoms with Gasteiger partial charge in [0, 0.05) is 27.7 Å². The molecule has 0 aliphatic carbocycles. The van der Waals surface area contributed by atoms with Gasteiger partial charge in [0.1, 0.15) is 10.6 Å². The maximum absolute atomic E-state index is 12.2. The summed E-state index contributed by atoms with van der Waals surface area (Å²) >= 11 is 0. The Bertz CT molecular complexity index is 1090. The second-order valence-electron chi connectivity index (χ2n) is 5.40. The van der Waals surface area contributed by atoms with Crippen molar-refractivity contribution in [2.24, 2.45) is 0 Å². The number of nitrogens with two attached hydrogens (primary N) is 1. The molecular weight excluding hydrogens is 344 g/mol. The zero-order valence-corrected chi connectivity index (χ0v) is 13.6. The van der Waals surface area contributed by atoms with E-state index in [1.54, 1.807) is 18.2 Å². The third-order valence-electron chi connectivity index (χ3n) is 3.64. The number of nitrogens with one attached hydrogen (secondary N) is 1. The molecule has 0 unspecified atom stereocenters. The first-order valence-corrected chi connectivity index (χ1v) is 8.60. The van der Waals surface area contributed by atoms with Crippen LogP contribution in [-0.2, 0) is 10.1 Å². The minimum atomic E-state index is -4.44. The molecule has 0 fully saturated rings. The Kier molecular flexibility index (Phi) is 4.07. The van der Waals surface area contributed by atoms with Crippen molar-refractivity contribution < 1.29 is 22.9 Å². The first-order chi connectivity index (χ1) is 11.8. The summed E-state index contributed by atoms with van der Waals surface area (Å²) in [6, 6.07) is 13.0. The molecule has 5 N–H and O–H groups in total. The number of rotatable bonds is 3. The van der Waals surface area contributed by atoms with Crippen molar-refractivity contribution in [3.8, 4) is 5.75 Å². The molecule has 0 spiro atoms. The molecule has 7 nitrogen and oxygen atoms in total. The van der Waals surface area contributed by atoms with Crippen LogP contribution in [0, 0.1) is 0 Å². The molecule has 8 heteroatoms. The molecule has 0 aromatic heterocycles. The molecule has 0 bridgehead atoms. The van der Waals surface area contributed by atoms with E-state index in [0.717, 1.165) is 12.1 Å². The molecule has 3 rings (SSSR count). The van der Waals surface area contributed by atoms with E-state index >= 15 is 0 Å². The number of aromatic hydroxyl groups is 1. The van der Waals surface area contributed by atoms with Gasteiger partial charge in [-0.2, -0.15) is 8.42 Å². The smallest absolute Gasteiger partial charge is 0.295 e. The van der Waals surface area contributed by atoms with Crippen LogP contribution in [0.25, 0.3) is 10.8 Å². The Morgan fingerprint density at radius 1 is 1.00 bits per heavy atom. The van der Waals surface area contributed by atoms with Crippen LogP contribution in [0.5, 0.6) is 5.75 Å². The van der Waals surface area contributed by atoms with Crippen molar-refractivity contribution >= 4 is 38.2 Å². The number of phenols is 1. The molecule has 0 radical (unpaired) electrons. The number of hydrogen-bond donors (Lipinski definition) is 4. The highest BCUT2D eigenvalue weighted by Gasteiger charge is 2.16. The summed E-state index contributed by atoms with van der Waals surface area (Å²) in [5.74, 6) is -0.584. The van der Waals surface area contributed by atoms with Crippen LogP contribution in [-0.4, -0.2) is 24.0 Å². The van der Waals surface area contributed by atoms with Crippen molar-refractivity contribution in [1.29, 1.82) is 0 Å². The Morgan fingerprint density at radius 3 is 2.44 bits per heavy atom. The number of benzene rings is 3. The summed E-state index contributed by atoms with van der Waals surface area (Å²) in [5.41, 5.74) is 6.80. The summed E-state index contributed by atoms with van der Waals surface area (Å²) in [6.45, 7) is 0. The van der Waals surface area contributed by atoms with Gasteiger partial charge in [0.25, 0.3) is 16.0 Å². The minimum absolute atomic E-state index is 0.143. The van der Waals surface area contributed by atoms with Gasteiger partial charge in [0.2, 0.25) is 0 Å². The van der Waals surface area contributed by atoms with E-state index in [0.29, 0.717) is 16.9 Å². The fourth-order valence-electron chi connectivity index (χ4n) is 2.49. The van der Waals surface area contributed by atoms with Crippen LogP contribution in [0.2, 0.25) is 0 Å². The molecule has 1 amide bonds. The topological polar surface area (TPSA) is 130 Å². The van der Waals surface area contributed by atoms with Gasteiger partial charge in [-0.25, -0.2) is 0 Å². The van der Waals surface area contributed by atoms with Gasteiger partial charge >= 0.3 is 0 Å². The maximum Gasteiger partial charge on any atom is 0.295 e. The van der Waals surface area contributed by atoms with E-state index in [-0.39, 0.29) is 21.4 Å². The number of anilines is 2. The van der Waals surface area contributed by atoms with Gasteiger partial charge in [-0.05, 0) is 42.5 Å². The van der Waals surface area contributed by atoms with Crippen molar-refractivity contribution in [3.05, 3.63) is 60.2 Å². The lowest BCUT2D eigenvalue weighted by Crippen LogP contribution is -2.12. The highest BCUT2D eigenvalue weighted by atomic mass is 32.2. The second-order valence-corrected chi connectivity index (χ2v) is 6.79. The highest BCUT2D eigenvalue weighted by Crippen LogP contribution is 2.32. The van der Waals surface area contributed by atoms with Crippen molar-refractivity contribution in [3.63, 3.8) is 0 Å². The quantitative estimate of drug-likeness (QED) is 0.421. The number of amides is 1. The summed E-state index contributed by atoms with van der Waals surface area (Å²) in [5, 5.41) is 12.9. The van der Waals surface area contributed by atoms with E-state index in [1.807, 2.05) is 0 Å². The normalized spacial score (nSPS) is 11.4. The zero-order chi connectivity index (χ0) is 18.2. The summed E-state index contributed by atoms with van der Waals surface area (Å²) < 4.78 is 32.1. The van der Waals surface area contributed by atoms with Crippen molar-refractivity contribution in [2.45, 2.75) is 4.90 Å². The molecule has 0 aliphatic rings. The molecule has 0 saturated carbocycles. The van der Waals surface area contributed by atoms with Gasteiger partial charge in [-0.1, -0.05) is 12.1 Å². The Morgan fingerprint density at radius 2 is 1.76 bits per heavy atom. The van der Waals surface area contributed by atoms with Crippen LogP contribution < -0.4 is 11.1 Å². The SMILES string of the molecule is Nc1cccc(C(=O)Nc2ccc3c(S(=O)(=O)O)ccc(O)c3c2)c1. The highest BCUT2D eigenvalue weighted by molar-refractivity contribution is 7.86. The van der Waals surface area contributed by atoms with E-state index in [4.69, 9.17) is 5.73 Å². The van der Waals surface area contributed by atoms with Crippen LogP contribution >= 0.6 is 0 Å². The van der Waals surface area contributed by atoms with E-state index in [1.165, 1.54) is 24.3 Å². The third-order valence-corrected chi connectivity index (χ3v) is 4.55. The minimum Gasteiger partial charge on any atom is -0.507 e. The third kappa shape index (κ3) is 3.39. The lowest BCUT2D eigenvalue weighted by molar-refractivity contribution is 0.102. The maximum atomic E-state index is 12.2. The molecule has 128 valence electrons. The lowest BCUT2D eigenvalue weighted by atomic mass is 10.1. The molecule has 0 saturated heterocycles. The van der Waals surface area contributed by atoms with E-state index in [9.17, 15) is 22.9 Å². The first kappa shape index (κ1) is 16.7. The molecule has 3 aromatic rings. The van der Waals surface area contributed by atoms with E-state index in [2.05, 4.69) is 5.32 Å². The van der Waals surface area contributed by atoms with Crippen LogP contribution in [0.1, 0.15) is 10.4 Å². The molecule has 0 heterocycles. The van der Waals surface area contributed by atoms with Gasteiger partial charge in [0.05, 0.1) is 0 Å². The van der Waals surface area contributed by atoms with Crippen molar-refractivity contribution in [2.75, 3.05) is 11.1 Å². The number of fused-ring (bicyclic) bond motifs is 1. The van der Waals surface area contributed by atoms with Gasteiger partial charge in [-0.15, -0.1) is 0 Å². The number of nitrogen functional groups attached to an aromatic ring is 1. The van der Waals surface area contributed by atoms with Gasteiger partial charge in [-0.3, -0.25) is 9.35 Å². The van der Waals surface area contributed by atoms with Gasteiger partial charge < -0.3 is 16.2 Å². The Labute approximate surface area is 143 Å². The zero-order valence-electron chi connectivity index (χ0n) is 12.8. The first-order valence-electron chi connectivity index (χ1n) is 7.16. The number of carbonyl (C=O) groups is 1. The van der Waals surface area contributed by atoms with E-state index < -0.39 is 16.0 Å². The monoisotopic (exact) mass is 358 g/mol.